The van der Waals surface area contributed by atoms with Crippen LogP contribution in [0.1, 0.15) is 30.5 Å². The average molecular weight is 365 g/mol. The van der Waals surface area contributed by atoms with Crippen LogP contribution in [0.2, 0.25) is 0 Å². The van der Waals surface area contributed by atoms with Gasteiger partial charge in [-0.15, -0.1) is 0 Å². The lowest BCUT2D eigenvalue weighted by molar-refractivity contribution is -0.180. The third-order valence-corrected chi connectivity index (χ3v) is 5.96. The Morgan fingerprint density at radius 3 is 2.93 bits per heavy atom. The Hall–Kier alpha value is -2.82. The number of hydrogen-bond acceptors (Lipinski definition) is 6. The number of carbonyl (C=O) groups is 2. The van der Waals surface area contributed by atoms with E-state index in [2.05, 4.69) is 4.98 Å². The number of fused-ring (bicyclic) bond motifs is 3. The Bertz CT molecular complexity index is 941. The van der Waals surface area contributed by atoms with E-state index in [0.29, 0.717) is 5.69 Å². The lowest BCUT2D eigenvalue weighted by Gasteiger charge is -2.45. The van der Waals surface area contributed by atoms with E-state index in [1.807, 2.05) is 12.1 Å². The van der Waals surface area contributed by atoms with Gasteiger partial charge in [0.15, 0.2) is 5.78 Å². The van der Waals surface area contributed by atoms with Crippen LogP contribution >= 0.6 is 0 Å². The Morgan fingerprint density at radius 2 is 2.26 bits per heavy atom. The first kappa shape index (κ1) is 17.6. The molecule has 138 valence electrons. The van der Waals surface area contributed by atoms with Crippen molar-refractivity contribution in [2.75, 3.05) is 7.05 Å². The van der Waals surface area contributed by atoms with Gasteiger partial charge in [0.05, 0.1) is 17.5 Å². The maximum atomic E-state index is 12.5. The molecule has 2 fully saturated rings. The lowest BCUT2D eigenvalue weighted by atomic mass is 9.62. The second-order valence-electron chi connectivity index (χ2n) is 7.36. The molecule has 3 aliphatic carbocycles. The number of carbonyl (C=O) groups excluding carboxylic acids is 1. The van der Waals surface area contributed by atoms with Crippen molar-refractivity contribution in [1.82, 2.24) is 10.0 Å². The maximum absolute atomic E-state index is 12.5. The fraction of sp³-hybridized carbons (Fsp3) is 0.400. The van der Waals surface area contributed by atoms with Gasteiger partial charge in [-0.2, -0.15) is 10.3 Å². The predicted octanol–water partition coefficient (Wildman–Crippen LogP) is 2.04. The Balaban J connectivity index is 1.81. The van der Waals surface area contributed by atoms with Crippen molar-refractivity contribution in [2.45, 2.75) is 25.3 Å². The molecule has 2 saturated carbocycles. The first-order valence-electron chi connectivity index (χ1n) is 8.94. The third kappa shape index (κ3) is 2.60. The highest BCUT2D eigenvalue weighted by atomic mass is 16.5. The number of carboxylic acid groups (broad SMARTS) is 1. The summed E-state index contributed by atoms with van der Waals surface area (Å²) in [4.78, 5) is 28.5. The van der Waals surface area contributed by atoms with E-state index < -0.39 is 17.9 Å². The molecule has 0 aromatic carbocycles. The first-order valence-corrected chi connectivity index (χ1v) is 8.94. The zero-order valence-electron chi connectivity index (χ0n) is 14.8. The molecule has 0 aliphatic heterocycles. The fourth-order valence-electron chi connectivity index (χ4n) is 5.00. The molecule has 0 amide bonds. The molecular weight excluding hydrogens is 346 g/mol. The number of carboxylic acids is 1. The summed E-state index contributed by atoms with van der Waals surface area (Å²) in [7, 11) is 1.44. The summed E-state index contributed by atoms with van der Waals surface area (Å²) in [6.07, 6.45) is 5.88. The highest BCUT2D eigenvalue weighted by Gasteiger charge is 2.63. The van der Waals surface area contributed by atoms with Gasteiger partial charge in [0.2, 0.25) is 0 Å². The quantitative estimate of drug-likeness (QED) is 0.788. The molecule has 27 heavy (non-hydrogen) atoms. The zero-order valence-corrected chi connectivity index (χ0v) is 14.8. The highest BCUT2D eigenvalue weighted by molar-refractivity contribution is 6.06. The molecule has 4 rings (SSSR count). The summed E-state index contributed by atoms with van der Waals surface area (Å²) in [5.74, 6) is -2.16. The number of rotatable bonds is 3. The van der Waals surface area contributed by atoms with Crippen LogP contribution in [0.4, 0.5) is 0 Å². The number of nitrogens with zero attached hydrogens (tertiary/aromatic N) is 3. The normalized spacial score (nSPS) is 30.7. The highest BCUT2D eigenvalue weighted by Crippen LogP contribution is 2.58. The summed E-state index contributed by atoms with van der Waals surface area (Å²) in [6, 6.07) is 4.80. The number of likely N-dealkylation sites (N-methyl/N-ethyl adjacent to an activating group) is 1. The molecule has 1 unspecified atom stereocenters. The molecule has 0 bridgehead atoms. The van der Waals surface area contributed by atoms with E-state index in [-0.39, 0.29) is 23.2 Å². The van der Waals surface area contributed by atoms with Crippen molar-refractivity contribution >= 4 is 17.8 Å². The van der Waals surface area contributed by atoms with Crippen LogP contribution in [0.15, 0.2) is 35.0 Å². The van der Waals surface area contributed by atoms with Crippen molar-refractivity contribution < 1.29 is 19.9 Å². The minimum Gasteiger partial charge on any atom is -0.478 e. The standard InChI is InChI=1S/C20H19N3O4/c1-23(27)18-15-13-4-2-3-11(7-10-5-6-22-12(8-10)9-21)14(13)17(20(25)26)16(15)19(18)24/h5-8,13,15-16,18,27H,2-4H2,1H3,(H,25,26)/t13-,15-,16?,18+/m1/s1. The van der Waals surface area contributed by atoms with Crippen LogP contribution in [0.3, 0.4) is 0 Å². The number of hydroxylamine groups is 2. The molecule has 4 atom stereocenters. The number of Topliss-reactive ketones (excluding diaryl/α,β-unsaturated/α-hetero) is 1. The summed E-state index contributed by atoms with van der Waals surface area (Å²) in [5.41, 5.74) is 2.93. The first-order chi connectivity index (χ1) is 12.9. The number of pyridine rings is 1. The molecule has 7 nitrogen and oxygen atoms in total. The Morgan fingerprint density at radius 1 is 1.48 bits per heavy atom. The monoisotopic (exact) mass is 365 g/mol. The van der Waals surface area contributed by atoms with E-state index >= 15 is 0 Å². The van der Waals surface area contributed by atoms with Crippen LogP contribution in [-0.2, 0) is 9.59 Å². The third-order valence-electron chi connectivity index (χ3n) is 5.96. The number of ketones is 1. The Kier molecular flexibility index (Phi) is 4.17. The molecular formula is C20H19N3O4. The van der Waals surface area contributed by atoms with E-state index in [0.717, 1.165) is 41.0 Å². The van der Waals surface area contributed by atoms with E-state index in [9.17, 15) is 19.9 Å². The second kappa shape index (κ2) is 6.41. The predicted molar refractivity (Wildman–Crippen MR) is 94.3 cm³/mol. The molecule has 3 aliphatic rings. The summed E-state index contributed by atoms with van der Waals surface area (Å²) in [6.45, 7) is 0. The Labute approximate surface area is 156 Å². The van der Waals surface area contributed by atoms with Crippen LogP contribution in [0.25, 0.3) is 6.08 Å². The average Bonchev–Trinajstić information content (AvgIpc) is 2.93. The van der Waals surface area contributed by atoms with Gasteiger partial charge in [-0.1, -0.05) is 6.08 Å². The van der Waals surface area contributed by atoms with Crippen LogP contribution < -0.4 is 0 Å². The van der Waals surface area contributed by atoms with Crippen LogP contribution in [-0.4, -0.2) is 45.2 Å². The molecule has 0 spiro atoms. The SMILES string of the molecule is CN(O)[C@@H]1C(=O)C2C(C(=O)O)=C3C(=Cc4ccnc(C#N)c4)CCC[C@H]3[C@H]21. The van der Waals surface area contributed by atoms with Gasteiger partial charge in [0.1, 0.15) is 11.8 Å². The lowest BCUT2D eigenvalue weighted by Crippen LogP contribution is -2.60. The summed E-state index contributed by atoms with van der Waals surface area (Å²) >= 11 is 0. The van der Waals surface area contributed by atoms with Crippen LogP contribution in [0.5, 0.6) is 0 Å². The summed E-state index contributed by atoms with van der Waals surface area (Å²) < 4.78 is 0. The van der Waals surface area contributed by atoms with Crippen molar-refractivity contribution in [3.63, 3.8) is 0 Å². The minimum absolute atomic E-state index is 0.0457. The zero-order chi connectivity index (χ0) is 19.3. The van der Waals surface area contributed by atoms with Crippen molar-refractivity contribution in [3.05, 3.63) is 46.3 Å². The van der Waals surface area contributed by atoms with Gasteiger partial charge in [-0.05, 0) is 54.0 Å². The van der Waals surface area contributed by atoms with Gasteiger partial charge in [0, 0.05) is 19.2 Å². The number of aromatic nitrogens is 1. The van der Waals surface area contributed by atoms with Crippen molar-refractivity contribution in [3.8, 4) is 6.07 Å². The molecule has 7 heteroatoms. The summed E-state index contributed by atoms with van der Waals surface area (Å²) in [5, 5.41) is 29.6. The van der Waals surface area contributed by atoms with Gasteiger partial charge >= 0.3 is 5.97 Å². The largest absolute Gasteiger partial charge is 0.478 e. The van der Waals surface area contributed by atoms with E-state index in [1.165, 1.54) is 7.05 Å². The van der Waals surface area contributed by atoms with Gasteiger partial charge < -0.3 is 10.3 Å². The maximum Gasteiger partial charge on any atom is 0.332 e. The van der Waals surface area contributed by atoms with Gasteiger partial charge in [-0.25, -0.2) is 9.78 Å². The van der Waals surface area contributed by atoms with Crippen LogP contribution in [0, 0.1) is 29.1 Å². The van der Waals surface area contributed by atoms with E-state index in [1.54, 1.807) is 18.3 Å². The second-order valence-corrected chi connectivity index (χ2v) is 7.36. The molecule has 1 aromatic rings. The van der Waals surface area contributed by atoms with Gasteiger partial charge in [-0.3, -0.25) is 4.79 Å². The van der Waals surface area contributed by atoms with Crippen molar-refractivity contribution in [1.29, 1.82) is 5.26 Å². The molecule has 1 heterocycles. The fourth-order valence-corrected chi connectivity index (χ4v) is 5.00. The molecule has 0 radical (unpaired) electrons. The van der Waals surface area contributed by atoms with E-state index in [4.69, 9.17) is 5.26 Å². The number of aliphatic carboxylic acids is 1. The number of nitriles is 1. The number of allylic oxidation sites excluding steroid dienone is 2. The minimum atomic E-state index is -1.06. The number of hydrogen-bond donors (Lipinski definition) is 2. The molecule has 1 aromatic heterocycles. The van der Waals surface area contributed by atoms with Gasteiger partial charge in [0.25, 0.3) is 0 Å². The topological polar surface area (TPSA) is 115 Å². The molecule has 2 N–H and O–H groups in total. The molecule has 0 saturated heterocycles. The smallest absolute Gasteiger partial charge is 0.332 e. The van der Waals surface area contributed by atoms with Crippen molar-refractivity contribution in [2.24, 2.45) is 17.8 Å².